The number of amides is 2. The second-order valence-electron chi connectivity index (χ2n) is 5.27. The van der Waals surface area contributed by atoms with Gasteiger partial charge < -0.3 is 4.74 Å². The maximum atomic E-state index is 12.2. The van der Waals surface area contributed by atoms with Crippen LogP contribution >= 0.6 is 0 Å². The molecule has 0 spiro atoms. The summed E-state index contributed by atoms with van der Waals surface area (Å²) in [6.45, 7) is 4.47. The number of hydrogen-bond donors (Lipinski definition) is 0. The molecule has 0 aromatic rings. The molecule has 0 bridgehead atoms. The summed E-state index contributed by atoms with van der Waals surface area (Å²) in [6.07, 6.45) is 8.61. The van der Waals surface area contributed by atoms with Crippen LogP contribution in [0.5, 0.6) is 0 Å². The van der Waals surface area contributed by atoms with E-state index in [1.807, 2.05) is 6.92 Å². The van der Waals surface area contributed by atoms with E-state index in [1.54, 1.807) is 0 Å². The third-order valence-corrected chi connectivity index (χ3v) is 3.50. The Kier molecular flexibility index (Phi) is 7.72. The lowest BCUT2D eigenvalue weighted by atomic mass is 10.1. The van der Waals surface area contributed by atoms with E-state index in [2.05, 4.69) is 6.92 Å². The minimum absolute atomic E-state index is 0.352. The Morgan fingerprint density at radius 3 is 2.24 bits per heavy atom. The number of rotatable bonds is 10. The molecule has 5 heteroatoms. The molecule has 2 amide bonds. The predicted octanol–water partition coefficient (Wildman–Crippen LogP) is 2.59. The maximum absolute atomic E-state index is 12.2. The van der Waals surface area contributed by atoms with E-state index in [4.69, 9.17) is 4.74 Å². The zero-order valence-corrected chi connectivity index (χ0v) is 13.0. The van der Waals surface area contributed by atoms with Gasteiger partial charge in [-0.1, -0.05) is 46.0 Å². The minimum Gasteiger partial charge on any atom is -0.464 e. The van der Waals surface area contributed by atoms with Crippen LogP contribution in [-0.2, 0) is 19.1 Å². The Labute approximate surface area is 126 Å². The summed E-state index contributed by atoms with van der Waals surface area (Å²) in [6, 6.07) is -0.786. The highest BCUT2D eigenvalue weighted by atomic mass is 16.5. The highest BCUT2D eigenvalue weighted by Crippen LogP contribution is 2.16. The number of carbonyl (C=O) groups is 3. The van der Waals surface area contributed by atoms with Crippen molar-refractivity contribution in [2.45, 2.75) is 64.8 Å². The molecule has 1 aliphatic rings. The van der Waals surface area contributed by atoms with Crippen molar-refractivity contribution >= 4 is 17.8 Å². The smallest absolute Gasteiger partial charge is 0.329 e. The number of ether oxygens (including phenoxy) is 1. The van der Waals surface area contributed by atoms with Crippen molar-refractivity contribution in [3.63, 3.8) is 0 Å². The molecule has 0 aromatic heterocycles. The SMILES string of the molecule is CCCCCCOC(=O)C(CCCC)N1C(=O)C=CC1=O. The van der Waals surface area contributed by atoms with Crippen molar-refractivity contribution in [3.05, 3.63) is 12.2 Å². The second-order valence-corrected chi connectivity index (χ2v) is 5.27. The summed E-state index contributed by atoms with van der Waals surface area (Å²) in [5, 5.41) is 0. The molecular weight excluding hydrogens is 270 g/mol. The zero-order chi connectivity index (χ0) is 15.7. The number of unbranched alkanes of at least 4 members (excludes halogenated alkanes) is 4. The van der Waals surface area contributed by atoms with Crippen LogP contribution in [0.4, 0.5) is 0 Å². The van der Waals surface area contributed by atoms with Crippen LogP contribution in [0.15, 0.2) is 12.2 Å². The molecule has 1 rings (SSSR count). The van der Waals surface area contributed by atoms with Crippen LogP contribution in [0.1, 0.15) is 58.8 Å². The fourth-order valence-electron chi connectivity index (χ4n) is 2.27. The summed E-state index contributed by atoms with van der Waals surface area (Å²) in [7, 11) is 0. The normalized spacial score (nSPS) is 15.6. The maximum Gasteiger partial charge on any atom is 0.329 e. The van der Waals surface area contributed by atoms with E-state index in [0.717, 1.165) is 43.4 Å². The first-order valence-electron chi connectivity index (χ1n) is 7.83. The molecule has 0 aliphatic carbocycles. The molecule has 0 radical (unpaired) electrons. The molecular formula is C16H25NO4. The van der Waals surface area contributed by atoms with Gasteiger partial charge in [0.25, 0.3) is 11.8 Å². The lowest BCUT2D eigenvalue weighted by Gasteiger charge is -2.24. The van der Waals surface area contributed by atoms with Crippen molar-refractivity contribution in [1.29, 1.82) is 0 Å². The van der Waals surface area contributed by atoms with E-state index in [9.17, 15) is 14.4 Å². The van der Waals surface area contributed by atoms with Crippen molar-refractivity contribution in [3.8, 4) is 0 Å². The van der Waals surface area contributed by atoms with Gasteiger partial charge in [0, 0.05) is 12.2 Å². The Morgan fingerprint density at radius 1 is 1.05 bits per heavy atom. The van der Waals surface area contributed by atoms with Crippen LogP contribution in [-0.4, -0.2) is 35.3 Å². The van der Waals surface area contributed by atoms with Crippen LogP contribution < -0.4 is 0 Å². The van der Waals surface area contributed by atoms with E-state index in [1.165, 1.54) is 12.2 Å². The van der Waals surface area contributed by atoms with E-state index < -0.39 is 23.8 Å². The fraction of sp³-hybridized carbons (Fsp3) is 0.688. The minimum atomic E-state index is -0.786. The second kappa shape index (κ2) is 9.32. The van der Waals surface area contributed by atoms with Crippen LogP contribution in [0.25, 0.3) is 0 Å². The summed E-state index contributed by atoms with van der Waals surface area (Å²) in [4.78, 5) is 36.6. The van der Waals surface area contributed by atoms with E-state index in [0.29, 0.717) is 13.0 Å². The lowest BCUT2D eigenvalue weighted by Crippen LogP contribution is -2.45. The first-order valence-corrected chi connectivity index (χ1v) is 7.83. The average molecular weight is 295 g/mol. The van der Waals surface area contributed by atoms with Crippen molar-refractivity contribution in [2.24, 2.45) is 0 Å². The van der Waals surface area contributed by atoms with Crippen molar-refractivity contribution in [2.75, 3.05) is 6.61 Å². The predicted molar refractivity (Wildman–Crippen MR) is 79.4 cm³/mol. The molecule has 1 unspecified atom stereocenters. The Hall–Kier alpha value is -1.65. The number of esters is 1. The zero-order valence-electron chi connectivity index (χ0n) is 13.0. The molecule has 5 nitrogen and oxygen atoms in total. The Bertz CT molecular complexity index is 385. The van der Waals surface area contributed by atoms with Gasteiger partial charge >= 0.3 is 5.97 Å². The number of nitrogens with zero attached hydrogens (tertiary/aromatic N) is 1. The van der Waals surface area contributed by atoms with Gasteiger partial charge in [0.1, 0.15) is 6.04 Å². The third-order valence-electron chi connectivity index (χ3n) is 3.50. The third kappa shape index (κ3) is 5.33. The highest BCUT2D eigenvalue weighted by Gasteiger charge is 2.36. The van der Waals surface area contributed by atoms with Gasteiger partial charge in [-0.3, -0.25) is 14.5 Å². The number of carbonyl (C=O) groups excluding carboxylic acids is 3. The van der Waals surface area contributed by atoms with E-state index >= 15 is 0 Å². The summed E-state index contributed by atoms with van der Waals surface area (Å²) >= 11 is 0. The lowest BCUT2D eigenvalue weighted by molar-refractivity contribution is -0.158. The quantitative estimate of drug-likeness (QED) is 0.353. The Balaban J connectivity index is 2.54. The summed E-state index contributed by atoms with van der Waals surface area (Å²) in [5.41, 5.74) is 0. The topological polar surface area (TPSA) is 63.7 Å². The molecule has 1 atom stereocenters. The Morgan fingerprint density at radius 2 is 1.67 bits per heavy atom. The monoisotopic (exact) mass is 295 g/mol. The summed E-state index contributed by atoms with van der Waals surface area (Å²) < 4.78 is 5.24. The fourth-order valence-corrected chi connectivity index (χ4v) is 2.27. The first kappa shape index (κ1) is 17.4. The molecule has 0 saturated carbocycles. The van der Waals surface area contributed by atoms with Gasteiger partial charge in [0.2, 0.25) is 0 Å². The molecule has 0 fully saturated rings. The molecule has 118 valence electrons. The van der Waals surface area contributed by atoms with Crippen LogP contribution in [0.2, 0.25) is 0 Å². The van der Waals surface area contributed by atoms with Crippen molar-refractivity contribution < 1.29 is 19.1 Å². The largest absolute Gasteiger partial charge is 0.464 e. The van der Waals surface area contributed by atoms with Crippen molar-refractivity contribution in [1.82, 2.24) is 4.90 Å². The molecule has 0 saturated heterocycles. The standard InChI is InChI=1S/C16H25NO4/c1-3-5-7-8-12-21-16(20)13(9-6-4-2)17-14(18)10-11-15(17)19/h10-11,13H,3-9,12H2,1-2H3. The molecule has 0 N–H and O–H groups in total. The van der Waals surface area contributed by atoms with Crippen LogP contribution in [0.3, 0.4) is 0 Å². The average Bonchev–Trinajstić information content (AvgIpc) is 2.79. The van der Waals surface area contributed by atoms with Gasteiger partial charge in [-0.25, -0.2) is 4.79 Å². The van der Waals surface area contributed by atoms with Gasteiger partial charge in [-0.15, -0.1) is 0 Å². The van der Waals surface area contributed by atoms with Gasteiger partial charge in [-0.05, 0) is 12.8 Å². The first-order chi connectivity index (χ1) is 10.1. The highest BCUT2D eigenvalue weighted by molar-refractivity contribution is 6.14. The molecule has 1 heterocycles. The van der Waals surface area contributed by atoms with E-state index in [-0.39, 0.29) is 0 Å². The van der Waals surface area contributed by atoms with Gasteiger partial charge in [-0.2, -0.15) is 0 Å². The molecule has 21 heavy (non-hydrogen) atoms. The number of imide groups is 1. The van der Waals surface area contributed by atoms with Gasteiger partial charge in [0.15, 0.2) is 0 Å². The number of hydrogen-bond acceptors (Lipinski definition) is 4. The summed E-state index contributed by atoms with van der Waals surface area (Å²) in [5.74, 6) is -1.32. The van der Waals surface area contributed by atoms with Crippen LogP contribution in [0, 0.1) is 0 Å². The molecule has 1 aliphatic heterocycles. The van der Waals surface area contributed by atoms with Gasteiger partial charge in [0.05, 0.1) is 6.61 Å². The molecule has 0 aromatic carbocycles.